The number of sulfone groups is 1. The molecule has 6 nitrogen and oxygen atoms in total. The Morgan fingerprint density at radius 1 is 1.27 bits per heavy atom. The molecule has 1 unspecified atom stereocenters. The summed E-state index contributed by atoms with van der Waals surface area (Å²) in [6.45, 7) is 0. The average Bonchev–Trinajstić information content (AvgIpc) is 3.17. The maximum atomic E-state index is 11.6. The summed E-state index contributed by atoms with van der Waals surface area (Å²) in [5, 5.41) is 5.22. The molecule has 22 heavy (non-hydrogen) atoms. The van der Waals surface area contributed by atoms with Gasteiger partial charge in [-0.25, -0.2) is 8.42 Å². The molecule has 8 heteroatoms. The number of aromatic nitrogens is 2. The van der Waals surface area contributed by atoms with Gasteiger partial charge in [0.05, 0.1) is 28.4 Å². The number of furan rings is 1. The lowest BCUT2D eigenvalue weighted by atomic mass is 10.1. The molecule has 0 spiro atoms. The van der Waals surface area contributed by atoms with E-state index in [4.69, 9.17) is 20.5 Å². The van der Waals surface area contributed by atoms with E-state index in [2.05, 4.69) is 10.1 Å². The van der Waals surface area contributed by atoms with Crippen molar-refractivity contribution in [1.82, 2.24) is 10.1 Å². The third-order valence-corrected chi connectivity index (χ3v) is 5.90. The van der Waals surface area contributed by atoms with E-state index in [1.165, 1.54) is 0 Å². The van der Waals surface area contributed by atoms with Gasteiger partial charge in [0.25, 0.3) is 5.89 Å². The fourth-order valence-electron chi connectivity index (χ4n) is 2.72. The van der Waals surface area contributed by atoms with Crippen LogP contribution >= 0.6 is 11.6 Å². The van der Waals surface area contributed by atoms with Gasteiger partial charge in [0.2, 0.25) is 0 Å². The third-order valence-electron chi connectivity index (χ3n) is 3.84. The number of hydrogen-bond donors (Lipinski definition) is 0. The molecule has 4 rings (SSSR count). The van der Waals surface area contributed by atoms with Gasteiger partial charge >= 0.3 is 0 Å². The molecular formula is C14H11ClN2O4S. The molecule has 0 amide bonds. The predicted octanol–water partition coefficient (Wildman–Crippen LogP) is 3.04. The lowest BCUT2D eigenvalue weighted by Gasteiger charge is -1.99. The molecule has 3 aromatic rings. The van der Waals surface area contributed by atoms with Gasteiger partial charge in [-0.3, -0.25) is 0 Å². The van der Waals surface area contributed by atoms with Crippen molar-refractivity contribution < 1.29 is 17.4 Å². The van der Waals surface area contributed by atoms with E-state index in [0.717, 1.165) is 5.39 Å². The first kappa shape index (κ1) is 13.8. The van der Waals surface area contributed by atoms with Gasteiger partial charge in [-0.15, -0.1) is 0 Å². The third kappa shape index (κ3) is 2.21. The number of halogens is 1. The Hall–Kier alpha value is -1.86. The zero-order valence-corrected chi connectivity index (χ0v) is 12.9. The Kier molecular flexibility index (Phi) is 3.02. The highest BCUT2D eigenvalue weighted by Crippen LogP contribution is 2.34. The minimum atomic E-state index is -2.98. The minimum Gasteiger partial charge on any atom is -0.463 e. The number of hydrogen-bond acceptors (Lipinski definition) is 6. The quantitative estimate of drug-likeness (QED) is 0.713. The van der Waals surface area contributed by atoms with Crippen LogP contribution in [0.2, 0.25) is 5.02 Å². The van der Waals surface area contributed by atoms with Crippen LogP contribution in [0.15, 0.2) is 33.4 Å². The van der Waals surface area contributed by atoms with Crippen LogP contribution in [-0.4, -0.2) is 30.1 Å². The molecule has 1 aromatic carbocycles. The first-order valence-electron chi connectivity index (χ1n) is 6.73. The first-order valence-corrected chi connectivity index (χ1v) is 8.93. The second kappa shape index (κ2) is 4.82. The van der Waals surface area contributed by atoms with E-state index in [1.54, 1.807) is 24.5 Å². The van der Waals surface area contributed by atoms with E-state index in [-0.39, 0.29) is 17.4 Å². The van der Waals surface area contributed by atoms with Gasteiger partial charge in [0.1, 0.15) is 0 Å². The molecule has 1 fully saturated rings. The Morgan fingerprint density at radius 3 is 2.91 bits per heavy atom. The summed E-state index contributed by atoms with van der Waals surface area (Å²) in [7, 11) is -2.98. The lowest BCUT2D eigenvalue weighted by molar-refractivity contribution is 0.418. The highest BCUT2D eigenvalue weighted by atomic mass is 35.5. The van der Waals surface area contributed by atoms with Crippen molar-refractivity contribution in [2.24, 2.45) is 0 Å². The second-order valence-electron chi connectivity index (χ2n) is 5.32. The average molecular weight is 339 g/mol. The monoisotopic (exact) mass is 338 g/mol. The number of benzene rings is 1. The largest absolute Gasteiger partial charge is 0.463 e. The molecule has 1 aliphatic heterocycles. The molecule has 1 saturated heterocycles. The summed E-state index contributed by atoms with van der Waals surface area (Å²) in [6.07, 6.45) is 2.07. The molecule has 0 bridgehead atoms. The predicted molar refractivity (Wildman–Crippen MR) is 80.5 cm³/mol. The van der Waals surface area contributed by atoms with Crippen molar-refractivity contribution in [3.63, 3.8) is 0 Å². The van der Waals surface area contributed by atoms with Crippen molar-refractivity contribution in [2.45, 2.75) is 12.3 Å². The second-order valence-corrected chi connectivity index (χ2v) is 7.95. The Balaban J connectivity index is 1.75. The van der Waals surface area contributed by atoms with Gasteiger partial charge in [0.15, 0.2) is 21.2 Å². The first-order chi connectivity index (χ1) is 10.5. The van der Waals surface area contributed by atoms with Crippen LogP contribution in [0.1, 0.15) is 18.2 Å². The van der Waals surface area contributed by atoms with Crippen molar-refractivity contribution in [3.8, 4) is 11.5 Å². The standard InChI is InChI=1S/C14H11ClN2O4S/c15-11-2-1-10(9-3-5-20-12(9)11)14-16-13(17-21-14)8-4-6-22(18,19)7-8/h1-3,5,8H,4,6-7H2. The van der Waals surface area contributed by atoms with E-state index in [9.17, 15) is 8.42 Å². The summed E-state index contributed by atoms with van der Waals surface area (Å²) in [5.74, 6) is 0.821. The van der Waals surface area contributed by atoms with Crippen LogP contribution in [0.5, 0.6) is 0 Å². The zero-order valence-electron chi connectivity index (χ0n) is 11.3. The molecule has 2 aromatic heterocycles. The van der Waals surface area contributed by atoms with Gasteiger partial charge in [-0.1, -0.05) is 16.8 Å². The van der Waals surface area contributed by atoms with Crippen molar-refractivity contribution >= 4 is 32.4 Å². The van der Waals surface area contributed by atoms with Crippen LogP contribution in [-0.2, 0) is 9.84 Å². The van der Waals surface area contributed by atoms with Crippen molar-refractivity contribution in [3.05, 3.63) is 35.3 Å². The van der Waals surface area contributed by atoms with E-state index < -0.39 is 9.84 Å². The van der Waals surface area contributed by atoms with Gasteiger partial charge < -0.3 is 8.94 Å². The molecule has 1 aliphatic rings. The van der Waals surface area contributed by atoms with Gasteiger partial charge in [0, 0.05) is 11.3 Å². The maximum Gasteiger partial charge on any atom is 0.258 e. The van der Waals surface area contributed by atoms with Crippen LogP contribution < -0.4 is 0 Å². The fraction of sp³-hybridized carbons (Fsp3) is 0.286. The van der Waals surface area contributed by atoms with Crippen LogP contribution in [0.25, 0.3) is 22.4 Å². The zero-order chi connectivity index (χ0) is 15.3. The fourth-order valence-corrected chi connectivity index (χ4v) is 4.67. The van der Waals surface area contributed by atoms with Crippen LogP contribution in [0.4, 0.5) is 0 Å². The van der Waals surface area contributed by atoms with Crippen LogP contribution in [0, 0.1) is 0 Å². The van der Waals surface area contributed by atoms with Crippen molar-refractivity contribution in [2.75, 3.05) is 11.5 Å². The molecular weight excluding hydrogens is 328 g/mol. The summed E-state index contributed by atoms with van der Waals surface area (Å²) in [5.41, 5.74) is 1.27. The Labute approximate surface area is 131 Å². The highest BCUT2D eigenvalue weighted by Gasteiger charge is 2.32. The van der Waals surface area contributed by atoms with Crippen molar-refractivity contribution in [1.29, 1.82) is 0 Å². The molecule has 1 atom stereocenters. The summed E-state index contributed by atoms with van der Waals surface area (Å²) in [6, 6.07) is 5.26. The molecule has 0 radical (unpaired) electrons. The maximum absolute atomic E-state index is 11.6. The Morgan fingerprint density at radius 2 is 2.14 bits per heavy atom. The Bertz CT molecular complexity index is 960. The molecule has 0 N–H and O–H groups in total. The van der Waals surface area contributed by atoms with Crippen LogP contribution in [0.3, 0.4) is 0 Å². The normalized spacial score (nSPS) is 20.7. The topological polar surface area (TPSA) is 86.2 Å². The van der Waals surface area contributed by atoms with Gasteiger partial charge in [-0.05, 0) is 24.6 Å². The molecule has 3 heterocycles. The van der Waals surface area contributed by atoms with E-state index >= 15 is 0 Å². The summed E-state index contributed by atoms with van der Waals surface area (Å²) in [4.78, 5) is 4.36. The minimum absolute atomic E-state index is 0.0771. The molecule has 0 saturated carbocycles. The van der Waals surface area contributed by atoms with Gasteiger partial charge in [-0.2, -0.15) is 4.98 Å². The number of nitrogens with zero attached hydrogens (tertiary/aromatic N) is 2. The summed E-state index contributed by atoms with van der Waals surface area (Å²) >= 11 is 6.07. The smallest absolute Gasteiger partial charge is 0.258 e. The lowest BCUT2D eigenvalue weighted by Crippen LogP contribution is -2.05. The van der Waals surface area contributed by atoms with E-state index in [0.29, 0.717) is 34.3 Å². The molecule has 114 valence electrons. The summed E-state index contributed by atoms with van der Waals surface area (Å²) < 4.78 is 33.8. The number of rotatable bonds is 2. The highest BCUT2D eigenvalue weighted by molar-refractivity contribution is 7.91. The van der Waals surface area contributed by atoms with E-state index in [1.807, 2.05) is 0 Å². The molecule has 0 aliphatic carbocycles. The SMILES string of the molecule is O=S1(=O)CCC(c2noc(-c3ccc(Cl)c4occc34)n2)C1. The number of fused-ring (bicyclic) bond motifs is 1.